The van der Waals surface area contributed by atoms with Gasteiger partial charge in [0.15, 0.2) is 0 Å². The second kappa shape index (κ2) is 10.9. The van der Waals surface area contributed by atoms with Gasteiger partial charge < -0.3 is 21.1 Å². The summed E-state index contributed by atoms with van der Waals surface area (Å²) >= 11 is 1.38. The average molecular weight is 422 g/mol. The summed E-state index contributed by atoms with van der Waals surface area (Å²) in [4.78, 5) is 37.5. The van der Waals surface area contributed by atoms with E-state index in [9.17, 15) is 19.5 Å². The molecule has 3 rings (SSSR count). The normalized spacial score (nSPS) is 24.0. The minimum Gasteiger partial charge on any atom is -0.480 e. The van der Waals surface area contributed by atoms with Crippen LogP contribution < -0.4 is 11.1 Å². The molecule has 0 aliphatic carbocycles. The number of nitrogens with two attached hydrogens (primary N) is 1. The number of terminal acetylenes is 1. The van der Waals surface area contributed by atoms with E-state index in [0.717, 1.165) is 0 Å². The third-order valence-electron chi connectivity index (χ3n) is 4.41. The first-order valence-corrected chi connectivity index (χ1v) is 9.79. The Morgan fingerprint density at radius 1 is 1.24 bits per heavy atom. The summed E-state index contributed by atoms with van der Waals surface area (Å²) in [5.74, 6) is -1.86. The van der Waals surface area contributed by atoms with Crippen LogP contribution in [0.15, 0.2) is 30.3 Å². The molecule has 2 fully saturated rings. The number of rotatable bonds is 4. The molecule has 1 aromatic carbocycles. The van der Waals surface area contributed by atoms with Crippen molar-refractivity contribution >= 4 is 29.5 Å². The van der Waals surface area contributed by atoms with Gasteiger partial charge >= 0.3 is 5.97 Å². The van der Waals surface area contributed by atoms with Crippen molar-refractivity contribution in [3.8, 4) is 12.8 Å². The molecule has 0 bridgehead atoms. The number of hydrogen-bond acceptors (Lipinski definition) is 5. The third-order valence-corrected chi connectivity index (χ3v) is 5.99. The van der Waals surface area contributed by atoms with Crippen LogP contribution in [0.4, 0.5) is 0 Å². The van der Waals surface area contributed by atoms with Gasteiger partial charge in [-0.2, -0.15) is 0 Å². The number of carboxylic acid groups (broad SMARTS) is 1. The van der Waals surface area contributed by atoms with E-state index < -0.39 is 34.7 Å². The van der Waals surface area contributed by atoms with Crippen LogP contribution in [0.3, 0.4) is 0 Å². The Kier molecular flexibility index (Phi) is 9.95. The number of fused-ring (bicyclic) bond motifs is 1. The van der Waals surface area contributed by atoms with E-state index >= 15 is 0 Å². The molecule has 160 valence electrons. The topological polar surface area (TPSA) is 113 Å². The van der Waals surface area contributed by atoms with Crippen LogP contribution in [-0.4, -0.2) is 50.0 Å². The summed E-state index contributed by atoms with van der Waals surface area (Å²) in [6.07, 6.45) is 8.00. The van der Waals surface area contributed by atoms with Crippen molar-refractivity contribution in [1.82, 2.24) is 10.2 Å². The van der Waals surface area contributed by atoms with Gasteiger partial charge in [0, 0.05) is 4.75 Å². The minimum atomic E-state index is -1.03. The third kappa shape index (κ3) is 5.11. The Hall–Kier alpha value is -2.50. The van der Waals surface area contributed by atoms with Crippen molar-refractivity contribution < 1.29 is 19.5 Å². The lowest BCUT2D eigenvalue weighted by molar-refractivity contribution is -0.161. The van der Waals surface area contributed by atoms with Crippen molar-refractivity contribution in [3.63, 3.8) is 0 Å². The molecule has 1 unspecified atom stereocenters. The standard InChI is InChI=1S/C16H19N3O4S.C2H6.C2H2.CH4/c1-16(2)11(15(22)23)19-13(21)10(14(19)24-16)18-12(20)9(17)8-6-4-3-5-7-8;2*1-2;/h3-7,9-11,14H,17H2,1-2H3,(H,18,20)(H,22,23);1-2H3;1-2H;1H4/t9-,10-,11+,14?;;;/m0.../s1. The maximum atomic E-state index is 12.3. The molecule has 0 spiro atoms. The molecule has 2 aliphatic rings. The number of amides is 2. The van der Waals surface area contributed by atoms with Gasteiger partial charge in [0.25, 0.3) is 0 Å². The lowest BCUT2D eigenvalue weighted by Crippen LogP contribution is -2.71. The Morgan fingerprint density at radius 3 is 2.24 bits per heavy atom. The van der Waals surface area contributed by atoms with Gasteiger partial charge in [-0.05, 0) is 19.4 Å². The molecule has 2 heterocycles. The van der Waals surface area contributed by atoms with Gasteiger partial charge in [-0.15, -0.1) is 24.6 Å². The lowest BCUT2D eigenvalue weighted by Gasteiger charge is -2.43. The maximum Gasteiger partial charge on any atom is 0.327 e. The average Bonchev–Trinajstić information content (AvgIpc) is 2.97. The van der Waals surface area contributed by atoms with Crippen LogP contribution in [0.25, 0.3) is 0 Å². The second-order valence-corrected chi connectivity index (χ2v) is 8.24. The van der Waals surface area contributed by atoms with Gasteiger partial charge in [0.2, 0.25) is 11.8 Å². The largest absolute Gasteiger partial charge is 0.480 e. The number of hydrogen-bond donors (Lipinski definition) is 3. The monoisotopic (exact) mass is 421 g/mol. The zero-order valence-electron chi connectivity index (χ0n) is 16.5. The first-order chi connectivity index (χ1) is 13.2. The Labute approximate surface area is 177 Å². The van der Waals surface area contributed by atoms with Crippen LogP contribution in [0.1, 0.15) is 46.7 Å². The fourth-order valence-corrected chi connectivity index (χ4v) is 4.83. The second-order valence-electron chi connectivity index (χ2n) is 6.47. The summed E-state index contributed by atoms with van der Waals surface area (Å²) in [5.41, 5.74) is 6.59. The van der Waals surface area contributed by atoms with Crippen LogP contribution >= 0.6 is 11.8 Å². The molecule has 0 radical (unpaired) electrons. The fraction of sp³-hybridized carbons (Fsp3) is 0.476. The van der Waals surface area contributed by atoms with E-state index in [1.54, 1.807) is 38.1 Å². The van der Waals surface area contributed by atoms with Crippen molar-refractivity contribution in [2.45, 2.75) is 63.4 Å². The quantitative estimate of drug-likeness (QED) is 0.508. The number of nitrogens with zero attached hydrogens (tertiary/aromatic N) is 1. The van der Waals surface area contributed by atoms with Crippen molar-refractivity contribution in [3.05, 3.63) is 35.9 Å². The Bertz CT molecular complexity index is 736. The van der Waals surface area contributed by atoms with Crippen LogP contribution in [0.2, 0.25) is 0 Å². The number of nitrogens with one attached hydrogen (secondary N) is 1. The zero-order chi connectivity index (χ0) is 21.6. The molecule has 4 atom stereocenters. The van der Waals surface area contributed by atoms with E-state index in [2.05, 4.69) is 18.2 Å². The molecule has 0 saturated carbocycles. The molecule has 4 N–H and O–H groups in total. The van der Waals surface area contributed by atoms with Crippen LogP contribution in [0, 0.1) is 12.8 Å². The van der Waals surface area contributed by atoms with Crippen molar-refractivity contribution in [2.24, 2.45) is 5.73 Å². The summed E-state index contributed by atoms with van der Waals surface area (Å²) < 4.78 is -0.618. The van der Waals surface area contributed by atoms with E-state index in [-0.39, 0.29) is 18.7 Å². The van der Waals surface area contributed by atoms with Gasteiger partial charge in [-0.25, -0.2) is 4.79 Å². The number of aliphatic carboxylic acids is 1. The fourth-order valence-electron chi connectivity index (χ4n) is 3.20. The Morgan fingerprint density at radius 2 is 1.76 bits per heavy atom. The molecule has 7 nitrogen and oxygen atoms in total. The highest BCUT2D eigenvalue weighted by Crippen LogP contribution is 2.50. The molecular weight excluding hydrogens is 390 g/mol. The predicted molar refractivity (Wildman–Crippen MR) is 117 cm³/mol. The number of carbonyl (C=O) groups is 3. The number of benzene rings is 1. The Balaban J connectivity index is 0.00000148. The molecule has 2 amide bonds. The van der Waals surface area contributed by atoms with E-state index in [1.165, 1.54) is 16.7 Å². The molecule has 1 aromatic rings. The van der Waals surface area contributed by atoms with E-state index in [4.69, 9.17) is 5.73 Å². The molecule has 2 aliphatic heterocycles. The summed E-state index contributed by atoms with van der Waals surface area (Å²) in [6.45, 7) is 7.58. The van der Waals surface area contributed by atoms with Gasteiger partial charge in [0.05, 0.1) is 0 Å². The molecular formula is C21H31N3O4S. The van der Waals surface area contributed by atoms with Crippen LogP contribution in [-0.2, 0) is 14.4 Å². The smallest absolute Gasteiger partial charge is 0.327 e. The van der Waals surface area contributed by atoms with Crippen molar-refractivity contribution in [2.75, 3.05) is 0 Å². The van der Waals surface area contributed by atoms with Gasteiger partial charge in [-0.3, -0.25) is 9.59 Å². The maximum absolute atomic E-state index is 12.3. The summed E-state index contributed by atoms with van der Waals surface area (Å²) in [6, 6.07) is 6.38. The highest BCUT2D eigenvalue weighted by atomic mass is 32.2. The first-order valence-electron chi connectivity index (χ1n) is 8.91. The van der Waals surface area contributed by atoms with Crippen LogP contribution in [0.5, 0.6) is 0 Å². The molecule has 0 aromatic heterocycles. The van der Waals surface area contributed by atoms with Gasteiger partial charge in [-0.1, -0.05) is 51.6 Å². The number of carbonyl (C=O) groups excluding carboxylic acids is 2. The SMILES string of the molecule is C.C#C.CC.CC1(C)SC2[C@@H](NC(=O)[C@@H](N)c3ccccc3)C(=O)N2[C@@H]1C(=O)O. The predicted octanol–water partition coefficient (Wildman–Crippen LogP) is 2.23. The number of carboxylic acids is 1. The zero-order valence-corrected chi connectivity index (χ0v) is 17.3. The summed E-state index contributed by atoms with van der Waals surface area (Å²) in [5, 5.41) is 11.7. The molecule has 2 saturated heterocycles. The lowest BCUT2D eigenvalue weighted by atomic mass is 9.95. The highest BCUT2D eigenvalue weighted by molar-refractivity contribution is 8.01. The molecule has 29 heavy (non-hydrogen) atoms. The summed E-state index contributed by atoms with van der Waals surface area (Å²) in [7, 11) is 0. The van der Waals surface area contributed by atoms with Gasteiger partial charge in [0.1, 0.15) is 23.5 Å². The van der Waals surface area contributed by atoms with Crippen molar-refractivity contribution in [1.29, 1.82) is 0 Å². The highest BCUT2D eigenvalue weighted by Gasteiger charge is 2.64. The minimum absolute atomic E-state index is 0. The van der Waals surface area contributed by atoms with E-state index in [1.807, 2.05) is 19.9 Å². The van der Waals surface area contributed by atoms with E-state index in [0.29, 0.717) is 5.56 Å². The molecule has 8 heteroatoms. The number of thioether (sulfide) groups is 1. The first kappa shape index (κ1) is 26.5. The number of β-lactam (4-membered cyclic amide) rings is 1.